The van der Waals surface area contributed by atoms with Crippen LogP contribution in [0.3, 0.4) is 0 Å². The summed E-state index contributed by atoms with van der Waals surface area (Å²) in [5.41, 5.74) is 0.751. The Bertz CT molecular complexity index is 806. The molecule has 0 aliphatic carbocycles. The number of unbranched alkanes of at least 4 members (excludes halogenated alkanes) is 3. The number of cyclic esters (lactones) is 1. The summed E-state index contributed by atoms with van der Waals surface area (Å²) in [4.78, 5) is 29.7. The monoisotopic (exact) mass is 389 g/mol. The number of rotatable bonds is 11. The molecular formula is C20H27N3O5. The highest BCUT2D eigenvalue weighted by atomic mass is 16.6. The van der Waals surface area contributed by atoms with Gasteiger partial charge in [0.2, 0.25) is 6.10 Å². The van der Waals surface area contributed by atoms with Crippen LogP contribution in [0.15, 0.2) is 30.7 Å². The summed E-state index contributed by atoms with van der Waals surface area (Å²) in [7, 11) is 0. The first-order valence-electron chi connectivity index (χ1n) is 9.86. The van der Waals surface area contributed by atoms with E-state index in [2.05, 4.69) is 11.9 Å². The van der Waals surface area contributed by atoms with E-state index < -0.39 is 24.2 Å². The molecule has 2 amide bonds. The van der Waals surface area contributed by atoms with Gasteiger partial charge in [-0.05, 0) is 31.4 Å². The second kappa shape index (κ2) is 9.54. The number of ether oxygens (including phenoxy) is 2. The number of aliphatic hydroxyl groups is 1. The lowest BCUT2D eigenvalue weighted by Gasteiger charge is -2.15. The van der Waals surface area contributed by atoms with E-state index in [1.165, 1.54) is 0 Å². The van der Waals surface area contributed by atoms with Gasteiger partial charge in [0.15, 0.2) is 11.4 Å². The minimum atomic E-state index is -1.07. The highest BCUT2D eigenvalue weighted by molar-refractivity contribution is 6.00. The van der Waals surface area contributed by atoms with Crippen LogP contribution in [0.4, 0.5) is 4.79 Å². The lowest BCUT2D eigenvalue weighted by molar-refractivity contribution is -0.133. The van der Waals surface area contributed by atoms with Gasteiger partial charge in [-0.3, -0.25) is 4.79 Å². The molecule has 0 aromatic carbocycles. The summed E-state index contributed by atoms with van der Waals surface area (Å²) >= 11 is 0. The predicted molar refractivity (Wildman–Crippen MR) is 102 cm³/mol. The van der Waals surface area contributed by atoms with Crippen LogP contribution in [0.1, 0.15) is 45.4 Å². The van der Waals surface area contributed by atoms with E-state index in [0.717, 1.165) is 29.8 Å². The zero-order valence-corrected chi connectivity index (χ0v) is 16.1. The van der Waals surface area contributed by atoms with Gasteiger partial charge in [-0.15, -0.1) is 0 Å². The number of carbonyl (C=O) groups excluding carboxylic acids is 2. The van der Waals surface area contributed by atoms with E-state index >= 15 is 0 Å². The zero-order valence-electron chi connectivity index (χ0n) is 16.1. The number of pyridine rings is 1. The SMILES string of the molecule is CCCCCC(O)C1OC(=O)N(CCCCOc2cccn3ccnc23)C1=O. The van der Waals surface area contributed by atoms with Crippen LogP contribution in [0, 0.1) is 0 Å². The Morgan fingerprint density at radius 1 is 1.25 bits per heavy atom. The predicted octanol–water partition coefficient (Wildman–Crippen LogP) is 2.78. The molecule has 0 saturated carbocycles. The van der Waals surface area contributed by atoms with Gasteiger partial charge in [0, 0.05) is 25.1 Å². The van der Waals surface area contributed by atoms with Gasteiger partial charge in [-0.1, -0.05) is 26.2 Å². The number of nitrogens with zero attached hydrogens (tertiary/aromatic N) is 3. The van der Waals surface area contributed by atoms with Gasteiger partial charge < -0.3 is 19.0 Å². The van der Waals surface area contributed by atoms with E-state index in [4.69, 9.17) is 9.47 Å². The second-order valence-electron chi connectivity index (χ2n) is 6.94. The molecule has 152 valence electrons. The number of imide groups is 1. The molecule has 0 spiro atoms. The van der Waals surface area contributed by atoms with Crippen molar-refractivity contribution in [3.8, 4) is 5.75 Å². The van der Waals surface area contributed by atoms with Crippen LogP contribution in [0.25, 0.3) is 5.65 Å². The fourth-order valence-corrected chi connectivity index (χ4v) is 3.25. The maximum atomic E-state index is 12.4. The number of aliphatic hydroxyl groups excluding tert-OH is 1. The van der Waals surface area contributed by atoms with Crippen molar-refractivity contribution in [3.05, 3.63) is 30.7 Å². The van der Waals surface area contributed by atoms with Gasteiger partial charge in [0.05, 0.1) is 6.61 Å². The summed E-state index contributed by atoms with van der Waals surface area (Å²) in [5.74, 6) is 0.247. The topological polar surface area (TPSA) is 93.4 Å². The van der Waals surface area contributed by atoms with Crippen molar-refractivity contribution in [1.29, 1.82) is 0 Å². The average Bonchev–Trinajstić information content (AvgIpc) is 3.27. The van der Waals surface area contributed by atoms with Gasteiger partial charge in [-0.25, -0.2) is 14.7 Å². The molecule has 1 fully saturated rings. The van der Waals surface area contributed by atoms with Crippen LogP contribution in [-0.2, 0) is 9.53 Å². The fourth-order valence-electron chi connectivity index (χ4n) is 3.25. The Balaban J connectivity index is 1.41. The molecule has 2 atom stereocenters. The molecule has 2 aromatic rings. The Kier molecular flexibility index (Phi) is 6.86. The van der Waals surface area contributed by atoms with Crippen LogP contribution in [0.2, 0.25) is 0 Å². The van der Waals surface area contributed by atoms with Crippen molar-refractivity contribution >= 4 is 17.6 Å². The molecule has 1 N–H and O–H groups in total. The third kappa shape index (κ3) is 4.62. The first-order valence-corrected chi connectivity index (χ1v) is 9.86. The standard InChI is InChI=1S/C20H27N3O5/c1-2-3-4-8-15(24)17-19(25)23(20(26)28-17)12-5-6-14-27-16-9-7-11-22-13-10-21-18(16)22/h7,9-11,13,15,17,24H,2-6,8,12,14H2,1H3. The molecule has 1 saturated heterocycles. The highest BCUT2D eigenvalue weighted by Crippen LogP contribution is 2.21. The number of amides is 2. The Hall–Kier alpha value is -2.61. The van der Waals surface area contributed by atoms with Gasteiger partial charge >= 0.3 is 6.09 Å². The molecule has 0 radical (unpaired) electrons. The normalized spacial score (nSPS) is 17.9. The van der Waals surface area contributed by atoms with Gasteiger partial charge in [0.1, 0.15) is 6.10 Å². The van der Waals surface area contributed by atoms with E-state index in [1.807, 2.05) is 28.9 Å². The minimum absolute atomic E-state index is 0.257. The first-order chi connectivity index (χ1) is 13.6. The van der Waals surface area contributed by atoms with Crippen molar-refractivity contribution in [1.82, 2.24) is 14.3 Å². The zero-order chi connectivity index (χ0) is 19.9. The Morgan fingerprint density at radius 3 is 2.93 bits per heavy atom. The van der Waals surface area contributed by atoms with Crippen LogP contribution in [0.5, 0.6) is 5.75 Å². The number of fused-ring (bicyclic) bond motifs is 1. The lowest BCUT2D eigenvalue weighted by atomic mass is 10.1. The van der Waals surface area contributed by atoms with Crippen LogP contribution < -0.4 is 4.74 Å². The molecule has 3 rings (SSSR count). The molecule has 8 heteroatoms. The quantitative estimate of drug-likeness (QED) is 0.594. The number of carbonyl (C=O) groups is 2. The summed E-state index contributed by atoms with van der Waals surface area (Å²) in [6.07, 6.45) is 7.29. The largest absolute Gasteiger partial charge is 0.490 e. The highest BCUT2D eigenvalue weighted by Gasteiger charge is 2.43. The van der Waals surface area contributed by atoms with Gasteiger partial charge in [-0.2, -0.15) is 0 Å². The summed E-state index contributed by atoms with van der Waals surface area (Å²) in [5, 5.41) is 10.1. The Morgan fingerprint density at radius 2 is 2.11 bits per heavy atom. The number of imidazole rings is 1. The van der Waals surface area contributed by atoms with E-state index in [-0.39, 0.29) is 6.54 Å². The second-order valence-corrected chi connectivity index (χ2v) is 6.94. The maximum absolute atomic E-state index is 12.4. The van der Waals surface area contributed by atoms with Crippen LogP contribution in [-0.4, -0.2) is 56.8 Å². The molecular weight excluding hydrogens is 362 g/mol. The molecule has 0 bridgehead atoms. The third-order valence-corrected chi connectivity index (χ3v) is 4.83. The average molecular weight is 389 g/mol. The molecule has 1 aliphatic heterocycles. The summed E-state index contributed by atoms with van der Waals surface area (Å²) in [6.45, 7) is 2.77. The molecule has 28 heavy (non-hydrogen) atoms. The lowest BCUT2D eigenvalue weighted by Crippen LogP contribution is -2.37. The van der Waals surface area contributed by atoms with E-state index in [1.54, 1.807) is 6.20 Å². The van der Waals surface area contributed by atoms with Crippen molar-refractivity contribution in [3.63, 3.8) is 0 Å². The fraction of sp³-hybridized carbons (Fsp3) is 0.550. The third-order valence-electron chi connectivity index (χ3n) is 4.83. The van der Waals surface area contributed by atoms with Crippen molar-refractivity contribution in [2.75, 3.05) is 13.2 Å². The van der Waals surface area contributed by atoms with Crippen molar-refractivity contribution < 1.29 is 24.2 Å². The van der Waals surface area contributed by atoms with E-state index in [9.17, 15) is 14.7 Å². The Labute approximate surface area is 164 Å². The number of aromatic nitrogens is 2. The molecule has 1 aliphatic rings. The smallest absolute Gasteiger partial charge is 0.417 e. The van der Waals surface area contributed by atoms with Crippen LogP contribution >= 0.6 is 0 Å². The number of hydrogen-bond donors (Lipinski definition) is 1. The molecule has 2 unspecified atom stereocenters. The van der Waals surface area contributed by atoms with Crippen molar-refractivity contribution in [2.24, 2.45) is 0 Å². The molecule has 2 aromatic heterocycles. The number of hydrogen-bond acceptors (Lipinski definition) is 6. The molecule has 3 heterocycles. The summed E-state index contributed by atoms with van der Waals surface area (Å²) < 4.78 is 12.7. The van der Waals surface area contributed by atoms with Gasteiger partial charge in [0.25, 0.3) is 5.91 Å². The van der Waals surface area contributed by atoms with E-state index in [0.29, 0.717) is 31.6 Å². The minimum Gasteiger partial charge on any atom is -0.490 e. The van der Waals surface area contributed by atoms with Crippen molar-refractivity contribution in [2.45, 2.75) is 57.7 Å². The summed E-state index contributed by atoms with van der Waals surface area (Å²) in [6, 6.07) is 3.74. The first kappa shape index (κ1) is 20.1. The molecule has 8 nitrogen and oxygen atoms in total. The maximum Gasteiger partial charge on any atom is 0.417 e.